The molecule has 0 fully saturated rings. The zero-order chi connectivity index (χ0) is 23.5. The fourth-order valence-electron chi connectivity index (χ4n) is 3.13. The Labute approximate surface area is 191 Å². The summed E-state index contributed by atoms with van der Waals surface area (Å²) >= 11 is 3.44. The molecule has 0 radical (unpaired) electrons. The monoisotopic (exact) mass is 445 g/mol. The summed E-state index contributed by atoms with van der Waals surface area (Å²) in [6.45, 7) is 25.9. The largest absolute Gasteiger partial charge is 0.355 e. The number of thiol groups is 1. The molecule has 0 saturated heterocycles. The van der Waals surface area contributed by atoms with Gasteiger partial charge < -0.3 is 4.90 Å². The lowest BCUT2D eigenvalue weighted by atomic mass is 9.83. The first-order chi connectivity index (χ1) is 13.9. The van der Waals surface area contributed by atoms with Crippen LogP contribution in [0.2, 0.25) is 0 Å². The lowest BCUT2D eigenvalue weighted by molar-refractivity contribution is 0.453. The van der Waals surface area contributed by atoms with Gasteiger partial charge in [-0.1, -0.05) is 96.9 Å². The summed E-state index contributed by atoms with van der Waals surface area (Å²) in [6.07, 6.45) is 7.91. The van der Waals surface area contributed by atoms with Crippen molar-refractivity contribution >= 4 is 26.5 Å². The minimum atomic E-state index is 0.0919. The molecule has 1 heterocycles. The maximum atomic E-state index is 5.07. The molecular formula is C24H52N3PS. The highest BCUT2D eigenvalue weighted by atomic mass is 32.7. The van der Waals surface area contributed by atoms with Crippen molar-refractivity contribution in [2.75, 3.05) is 18.0 Å². The van der Waals surface area contributed by atoms with Crippen molar-refractivity contribution in [3.05, 3.63) is 17.6 Å². The molecule has 0 amide bonds. The van der Waals surface area contributed by atoms with E-state index in [0.29, 0.717) is 5.92 Å². The number of rotatable bonds is 10. The van der Waals surface area contributed by atoms with Crippen LogP contribution >= 0.6 is 20.7 Å². The highest BCUT2D eigenvalue weighted by Gasteiger charge is 2.25. The van der Waals surface area contributed by atoms with Crippen LogP contribution < -0.4 is 4.90 Å². The van der Waals surface area contributed by atoms with Crippen LogP contribution in [0, 0.1) is 12.8 Å². The Balaban J connectivity index is -0.00000103. The molecule has 0 aliphatic heterocycles. The van der Waals surface area contributed by atoms with Gasteiger partial charge in [0, 0.05) is 18.5 Å². The van der Waals surface area contributed by atoms with Crippen molar-refractivity contribution in [1.29, 1.82) is 0 Å². The molecule has 1 aromatic heterocycles. The van der Waals surface area contributed by atoms with Gasteiger partial charge in [-0.15, -0.1) is 0 Å². The van der Waals surface area contributed by atoms with Crippen LogP contribution in [0.15, 0.2) is 6.20 Å². The van der Waals surface area contributed by atoms with Crippen molar-refractivity contribution in [2.45, 2.75) is 114 Å². The highest BCUT2D eigenvalue weighted by Crippen LogP contribution is 2.30. The smallest absolute Gasteiger partial charge is 0.147 e. The number of unbranched alkanes of at least 4 members (excludes halogenated alkanes) is 1. The van der Waals surface area contributed by atoms with E-state index in [9.17, 15) is 0 Å². The molecule has 1 rings (SSSR count). The maximum Gasteiger partial charge on any atom is 0.147 e. The van der Waals surface area contributed by atoms with Gasteiger partial charge in [0.1, 0.15) is 5.82 Å². The van der Waals surface area contributed by atoms with E-state index in [2.05, 4.69) is 79.0 Å². The van der Waals surface area contributed by atoms with Crippen molar-refractivity contribution in [2.24, 2.45) is 5.92 Å². The van der Waals surface area contributed by atoms with E-state index >= 15 is 0 Å². The molecule has 0 saturated carbocycles. The summed E-state index contributed by atoms with van der Waals surface area (Å²) in [5.41, 5.74) is 2.34. The molecule has 0 bridgehead atoms. The first kappa shape index (κ1) is 33.3. The third-order valence-corrected chi connectivity index (χ3v) is 4.79. The summed E-state index contributed by atoms with van der Waals surface area (Å²) in [4.78, 5) is 12.2. The molecule has 0 aliphatic rings. The summed E-state index contributed by atoms with van der Waals surface area (Å²) in [7, 11) is 2.11. The number of anilines is 1. The number of aromatic nitrogens is 2. The molecule has 5 heteroatoms. The topological polar surface area (TPSA) is 29.0 Å². The Kier molecular flexibility index (Phi) is 24.0. The highest BCUT2D eigenvalue weighted by molar-refractivity contribution is 8.31. The van der Waals surface area contributed by atoms with Gasteiger partial charge in [0.25, 0.3) is 0 Å². The Bertz CT molecular complexity index is 481. The summed E-state index contributed by atoms with van der Waals surface area (Å²) in [6, 6.07) is 0. The van der Waals surface area contributed by atoms with Crippen molar-refractivity contribution in [1.82, 2.24) is 9.97 Å². The molecule has 1 aromatic rings. The van der Waals surface area contributed by atoms with Crippen LogP contribution in [-0.2, 0) is 5.41 Å². The molecule has 29 heavy (non-hydrogen) atoms. The number of aryl methyl sites for hydroxylation is 1. The van der Waals surface area contributed by atoms with Crippen LogP contribution in [0.4, 0.5) is 5.82 Å². The fraction of sp³-hybridized carbons (Fsp3) is 0.833. The Morgan fingerprint density at radius 3 is 2.07 bits per heavy atom. The third kappa shape index (κ3) is 13.6. The van der Waals surface area contributed by atoms with Crippen LogP contribution in [-0.4, -0.2) is 23.1 Å². The number of hydrogen-bond acceptors (Lipinski definition) is 4. The second-order valence-electron chi connectivity index (χ2n) is 7.61. The van der Waals surface area contributed by atoms with Crippen molar-refractivity contribution < 1.29 is 0 Å². The fourth-order valence-corrected chi connectivity index (χ4v) is 3.13. The van der Waals surface area contributed by atoms with Crippen molar-refractivity contribution in [3.63, 3.8) is 0 Å². The van der Waals surface area contributed by atoms with Crippen LogP contribution in [0.1, 0.15) is 113 Å². The maximum absolute atomic E-state index is 5.07. The van der Waals surface area contributed by atoms with Gasteiger partial charge in [-0.25, -0.2) is 4.98 Å². The zero-order valence-electron chi connectivity index (χ0n) is 21.5. The molecule has 0 aliphatic carbocycles. The molecule has 3 nitrogen and oxygen atoms in total. The molecular weight excluding hydrogens is 393 g/mol. The molecule has 0 spiro atoms. The summed E-state index contributed by atoms with van der Waals surface area (Å²) < 4.78 is 0. The van der Waals surface area contributed by atoms with Gasteiger partial charge in [-0.3, -0.25) is 4.98 Å². The predicted octanol–water partition coefficient (Wildman–Crippen LogP) is 8.27. The van der Waals surface area contributed by atoms with Crippen LogP contribution in [0.5, 0.6) is 0 Å². The van der Waals surface area contributed by atoms with Gasteiger partial charge in [0.15, 0.2) is 0 Å². The van der Waals surface area contributed by atoms with Gasteiger partial charge >= 0.3 is 0 Å². The van der Waals surface area contributed by atoms with E-state index in [-0.39, 0.29) is 5.41 Å². The molecule has 0 N–H and O–H groups in total. The summed E-state index contributed by atoms with van der Waals surface area (Å²) in [5.74, 6) is 1.74. The standard InChI is InChI=1S/C20H37N3.2C2H6.H3PS/c1-8-11-13-23(15-16(4)10-3)18-14-21-17(5)19(22-18)20(6,7)12-9-2;3*1-2/h14,16H,8-13,15H2,1-7H3;2*1-2H3;2H,1H2. The Hall–Kier alpha value is -0.340. The van der Waals surface area contributed by atoms with E-state index < -0.39 is 0 Å². The summed E-state index contributed by atoms with van der Waals surface area (Å²) in [5, 5.41) is 0. The average Bonchev–Trinajstić information content (AvgIpc) is 2.75. The van der Waals surface area contributed by atoms with E-state index in [1.165, 1.54) is 31.4 Å². The predicted molar refractivity (Wildman–Crippen MR) is 143 cm³/mol. The van der Waals surface area contributed by atoms with Gasteiger partial charge in [-0.2, -0.15) is 12.2 Å². The first-order valence-electron chi connectivity index (χ1n) is 11.7. The Morgan fingerprint density at radius 1 is 1.07 bits per heavy atom. The zero-order valence-corrected chi connectivity index (χ0v) is 23.5. The minimum absolute atomic E-state index is 0.0919. The van der Waals surface area contributed by atoms with E-state index in [4.69, 9.17) is 4.98 Å². The second-order valence-corrected chi connectivity index (χ2v) is 7.61. The lowest BCUT2D eigenvalue weighted by Crippen LogP contribution is -2.31. The SMILES string of the molecule is CC.CC.CCCCN(CC(C)CC)c1cnc(C)c(C(C)(C)CCC)n1.PS. The van der Waals surface area contributed by atoms with Crippen molar-refractivity contribution in [3.8, 4) is 0 Å². The van der Waals surface area contributed by atoms with E-state index in [1.807, 2.05) is 33.9 Å². The quantitative estimate of drug-likeness (QED) is 0.290. The van der Waals surface area contributed by atoms with E-state index in [0.717, 1.165) is 31.0 Å². The molecule has 2 unspecified atom stereocenters. The third-order valence-electron chi connectivity index (χ3n) is 4.79. The van der Waals surface area contributed by atoms with Gasteiger partial charge in [-0.05, 0) is 25.7 Å². The Morgan fingerprint density at radius 2 is 1.62 bits per heavy atom. The number of hydrogen-bond donors (Lipinski definition) is 1. The van der Waals surface area contributed by atoms with Crippen LogP contribution in [0.3, 0.4) is 0 Å². The minimum Gasteiger partial charge on any atom is -0.355 e. The second kappa shape index (κ2) is 20.9. The van der Waals surface area contributed by atoms with E-state index in [1.54, 1.807) is 0 Å². The first-order valence-corrected chi connectivity index (χ1v) is 13.8. The lowest BCUT2D eigenvalue weighted by Gasteiger charge is -2.30. The average molecular weight is 446 g/mol. The van der Waals surface area contributed by atoms with Crippen LogP contribution in [0.25, 0.3) is 0 Å². The molecule has 174 valence electrons. The number of nitrogens with zero attached hydrogens (tertiary/aromatic N) is 3. The normalized spacial score (nSPS) is 11.1. The van der Waals surface area contributed by atoms with Gasteiger partial charge in [0.05, 0.1) is 17.6 Å². The molecule has 2 atom stereocenters. The molecule has 0 aromatic carbocycles. The van der Waals surface area contributed by atoms with Gasteiger partial charge in [0.2, 0.25) is 0 Å².